The van der Waals surface area contributed by atoms with E-state index in [-0.39, 0.29) is 24.4 Å². The van der Waals surface area contributed by atoms with Crippen molar-refractivity contribution in [3.8, 4) is 5.75 Å². The lowest BCUT2D eigenvalue weighted by Crippen LogP contribution is -2.57. The minimum Gasteiger partial charge on any atom is -0.503 e. The fraction of sp³-hybridized carbons (Fsp3) is 0.381. The third kappa shape index (κ3) is 3.15. The summed E-state index contributed by atoms with van der Waals surface area (Å²) in [5, 5.41) is 12.6. The number of hydrogen-bond donors (Lipinski definition) is 2. The van der Waals surface area contributed by atoms with E-state index in [1.165, 1.54) is 9.47 Å². The van der Waals surface area contributed by atoms with Gasteiger partial charge in [0.1, 0.15) is 23.0 Å². The molecular formula is C21H18F3N3O5. The molecule has 3 aliphatic rings. The molecule has 0 radical (unpaired) electrons. The zero-order valence-electron chi connectivity index (χ0n) is 16.6. The highest BCUT2D eigenvalue weighted by Gasteiger charge is 2.47. The molecule has 32 heavy (non-hydrogen) atoms. The average molecular weight is 449 g/mol. The molecule has 11 heteroatoms. The molecule has 2 aromatic rings. The monoisotopic (exact) mass is 449 g/mol. The first-order valence-electron chi connectivity index (χ1n) is 10.1. The number of halogens is 3. The summed E-state index contributed by atoms with van der Waals surface area (Å²) in [4.78, 5) is 39.7. The lowest BCUT2D eigenvalue weighted by Gasteiger charge is -2.44. The van der Waals surface area contributed by atoms with Gasteiger partial charge in [-0.25, -0.2) is 13.2 Å². The van der Waals surface area contributed by atoms with Crippen molar-refractivity contribution in [3.05, 3.63) is 62.8 Å². The number of carbonyl (C=O) groups excluding carboxylic acids is 2. The van der Waals surface area contributed by atoms with Crippen LogP contribution in [0, 0.1) is 17.5 Å². The number of amides is 2. The number of aromatic nitrogens is 1. The number of carbonyl (C=O) groups is 2. The van der Waals surface area contributed by atoms with Crippen LogP contribution in [-0.4, -0.2) is 44.8 Å². The zero-order valence-corrected chi connectivity index (χ0v) is 16.6. The molecule has 1 aromatic heterocycles. The minimum absolute atomic E-state index is 0.0296. The van der Waals surface area contributed by atoms with Crippen LogP contribution in [0.1, 0.15) is 45.7 Å². The summed E-state index contributed by atoms with van der Waals surface area (Å²) in [6.07, 6.45) is 2.86. The van der Waals surface area contributed by atoms with Gasteiger partial charge in [0.15, 0.2) is 17.7 Å². The number of pyridine rings is 1. The quantitative estimate of drug-likeness (QED) is 0.742. The summed E-state index contributed by atoms with van der Waals surface area (Å²) >= 11 is 0. The SMILES string of the molecule is O=C(NCc1c(F)cc(F)cc1F)c1cn2c(c(O)c1=O)C(=O)N1C(C2)OC2CC[C@H]1C2. The first kappa shape index (κ1) is 20.6. The maximum Gasteiger partial charge on any atom is 0.276 e. The van der Waals surface area contributed by atoms with E-state index in [4.69, 9.17) is 4.74 Å². The Labute approximate surface area is 179 Å². The summed E-state index contributed by atoms with van der Waals surface area (Å²) in [5.41, 5.74) is -2.40. The molecule has 1 aliphatic carbocycles. The van der Waals surface area contributed by atoms with Gasteiger partial charge in [0.25, 0.3) is 11.8 Å². The second kappa shape index (κ2) is 7.37. The Morgan fingerprint density at radius 1 is 1.19 bits per heavy atom. The predicted molar refractivity (Wildman–Crippen MR) is 102 cm³/mol. The van der Waals surface area contributed by atoms with Crippen molar-refractivity contribution in [1.29, 1.82) is 0 Å². The second-order valence-electron chi connectivity index (χ2n) is 8.14. The Bertz CT molecular complexity index is 1190. The molecule has 168 valence electrons. The zero-order chi connectivity index (χ0) is 22.7. The molecule has 2 bridgehead atoms. The van der Waals surface area contributed by atoms with E-state index >= 15 is 0 Å². The van der Waals surface area contributed by atoms with Gasteiger partial charge in [-0.05, 0) is 19.3 Å². The molecule has 1 saturated heterocycles. The lowest BCUT2D eigenvalue weighted by atomic mass is 10.1. The maximum absolute atomic E-state index is 13.8. The molecule has 1 saturated carbocycles. The van der Waals surface area contributed by atoms with Gasteiger partial charge in [0, 0.05) is 36.5 Å². The molecule has 1 aromatic carbocycles. The van der Waals surface area contributed by atoms with Crippen molar-refractivity contribution in [2.45, 2.75) is 50.7 Å². The summed E-state index contributed by atoms with van der Waals surface area (Å²) < 4.78 is 47.9. The molecule has 3 heterocycles. The fourth-order valence-electron chi connectivity index (χ4n) is 4.72. The van der Waals surface area contributed by atoms with Gasteiger partial charge in [-0.3, -0.25) is 14.4 Å². The predicted octanol–water partition coefficient (Wildman–Crippen LogP) is 1.63. The minimum atomic E-state index is -1.19. The first-order chi connectivity index (χ1) is 15.2. The topological polar surface area (TPSA) is 101 Å². The van der Waals surface area contributed by atoms with Gasteiger partial charge in [0.05, 0.1) is 12.6 Å². The standard InChI is InChI=1S/C21H18F3N3O5/c22-9-3-14(23)12(15(24)4-9)6-25-20(30)13-7-26-8-16-27(10-1-2-11(5-10)32-16)21(31)17(26)19(29)18(13)28/h3-4,7,10-11,16,29H,1-2,5-6,8H2,(H,25,30)/t10-,11?,16?/m0/s1. The van der Waals surface area contributed by atoms with Gasteiger partial charge >= 0.3 is 0 Å². The Morgan fingerprint density at radius 3 is 2.62 bits per heavy atom. The Kier molecular flexibility index (Phi) is 4.73. The number of rotatable bonds is 3. The van der Waals surface area contributed by atoms with Crippen LogP contribution in [0.4, 0.5) is 13.2 Å². The van der Waals surface area contributed by atoms with Crippen molar-refractivity contribution in [2.75, 3.05) is 0 Å². The molecule has 2 unspecified atom stereocenters. The molecule has 0 spiro atoms. The first-order valence-corrected chi connectivity index (χ1v) is 10.1. The number of nitrogens with zero attached hydrogens (tertiary/aromatic N) is 2. The number of benzene rings is 1. The summed E-state index contributed by atoms with van der Waals surface area (Å²) in [7, 11) is 0. The largest absolute Gasteiger partial charge is 0.503 e. The summed E-state index contributed by atoms with van der Waals surface area (Å²) in [6.45, 7) is -0.538. The van der Waals surface area contributed by atoms with E-state index in [2.05, 4.69) is 5.32 Å². The van der Waals surface area contributed by atoms with E-state index in [1.54, 1.807) is 0 Å². The number of hydrogen-bond acceptors (Lipinski definition) is 5. The van der Waals surface area contributed by atoms with Gasteiger partial charge in [-0.2, -0.15) is 0 Å². The summed E-state index contributed by atoms with van der Waals surface area (Å²) in [5.74, 6) is -5.93. The highest BCUT2D eigenvalue weighted by Crippen LogP contribution is 2.38. The molecule has 5 rings (SSSR count). The van der Waals surface area contributed by atoms with Gasteiger partial charge in [-0.1, -0.05) is 0 Å². The number of aromatic hydroxyl groups is 1. The Morgan fingerprint density at radius 2 is 1.91 bits per heavy atom. The van der Waals surface area contributed by atoms with E-state index in [0.717, 1.165) is 19.0 Å². The van der Waals surface area contributed by atoms with Crippen LogP contribution in [0.2, 0.25) is 0 Å². The molecule has 8 nitrogen and oxygen atoms in total. The third-order valence-corrected chi connectivity index (χ3v) is 6.23. The van der Waals surface area contributed by atoms with Crippen LogP contribution < -0.4 is 10.7 Å². The highest BCUT2D eigenvalue weighted by atomic mass is 19.1. The smallest absolute Gasteiger partial charge is 0.276 e. The van der Waals surface area contributed by atoms with Crippen molar-refractivity contribution >= 4 is 11.8 Å². The van der Waals surface area contributed by atoms with Crippen LogP contribution in [0.5, 0.6) is 5.75 Å². The van der Waals surface area contributed by atoms with Crippen LogP contribution in [0.25, 0.3) is 0 Å². The van der Waals surface area contributed by atoms with Crippen LogP contribution in [-0.2, 0) is 17.8 Å². The Balaban J connectivity index is 1.44. The number of fused-ring (bicyclic) bond motifs is 5. The van der Waals surface area contributed by atoms with Gasteiger partial charge in [0.2, 0.25) is 5.43 Å². The highest BCUT2D eigenvalue weighted by molar-refractivity contribution is 5.99. The van der Waals surface area contributed by atoms with Gasteiger partial charge in [-0.15, -0.1) is 0 Å². The van der Waals surface area contributed by atoms with Crippen LogP contribution >= 0.6 is 0 Å². The maximum atomic E-state index is 13.8. The van der Waals surface area contributed by atoms with Crippen molar-refractivity contribution in [3.63, 3.8) is 0 Å². The second-order valence-corrected chi connectivity index (χ2v) is 8.14. The van der Waals surface area contributed by atoms with Crippen molar-refractivity contribution < 1.29 is 32.6 Å². The van der Waals surface area contributed by atoms with E-state index in [9.17, 15) is 32.7 Å². The van der Waals surface area contributed by atoms with Crippen LogP contribution in [0.3, 0.4) is 0 Å². The number of nitrogens with one attached hydrogen (secondary N) is 1. The number of ether oxygens (including phenoxy) is 1. The van der Waals surface area contributed by atoms with E-state index in [1.807, 2.05) is 0 Å². The fourth-order valence-corrected chi connectivity index (χ4v) is 4.72. The van der Waals surface area contributed by atoms with Crippen LogP contribution in [0.15, 0.2) is 23.1 Å². The van der Waals surface area contributed by atoms with E-state index < -0.39 is 64.3 Å². The van der Waals surface area contributed by atoms with Crippen molar-refractivity contribution in [1.82, 2.24) is 14.8 Å². The molecule has 2 N–H and O–H groups in total. The molecule has 2 fully saturated rings. The van der Waals surface area contributed by atoms with E-state index in [0.29, 0.717) is 18.6 Å². The molecular weight excluding hydrogens is 431 g/mol. The molecule has 3 atom stereocenters. The van der Waals surface area contributed by atoms with Gasteiger partial charge < -0.3 is 24.6 Å². The van der Waals surface area contributed by atoms with Crippen molar-refractivity contribution in [2.24, 2.45) is 0 Å². The summed E-state index contributed by atoms with van der Waals surface area (Å²) in [6, 6.07) is 0.912. The third-order valence-electron chi connectivity index (χ3n) is 6.23. The average Bonchev–Trinajstić information content (AvgIpc) is 3.10. The molecule has 2 aliphatic heterocycles. The normalized spacial score (nSPS) is 23.7. The lowest BCUT2D eigenvalue weighted by molar-refractivity contribution is -0.132. The Hall–Kier alpha value is -3.34. The molecule has 2 amide bonds.